The summed E-state index contributed by atoms with van der Waals surface area (Å²) in [5.41, 5.74) is 2.16. The summed E-state index contributed by atoms with van der Waals surface area (Å²) < 4.78 is 38.1. The molecule has 4 rings (SSSR count). The third-order valence-corrected chi connectivity index (χ3v) is 21.8. The number of hydrogen-bond acceptors (Lipinski definition) is 3. The van der Waals surface area contributed by atoms with Gasteiger partial charge in [-0.1, -0.05) is 97.3 Å². The maximum absolute atomic E-state index is 15.4. The van der Waals surface area contributed by atoms with E-state index in [9.17, 15) is 0 Å². The Morgan fingerprint density at radius 3 is 1.05 bits per heavy atom. The first-order valence-electron chi connectivity index (χ1n) is 25.2. The molecule has 0 saturated heterocycles. The Bertz CT molecular complexity index is 1730. The monoisotopic (exact) mass is 869 g/mol. The van der Waals surface area contributed by atoms with Crippen LogP contribution in [0, 0.1) is 0 Å². The van der Waals surface area contributed by atoms with Crippen LogP contribution in [-0.2, 0) is 26.9 Å². The van der Waals surface area contributed by atoms with Crippen molar-refractivity contribution in [3.8, 4) is 0 Å². The van der Waals surface area contributed by atoms with E-state index >= 15 is 8.42 Å². The Hall–Kier alpha value is -2.78. The summed E-state index contributed by atoms with van der Waals surface area (Å²) in [5, 5.41) is 2.79. The molecular weight excluding hydrogens is 784 g/mol. The number of unbranched alkanes of at least 4 members (excludes halogenated alkanes) is 24. The molecule has 0 heterocycles. The van der Waals surface area contributed by atoms with E-state index in [1.54, 1.807) is 0 Å². The van der Waals surface area contributed by atoms with Crippen molar-refractivity contribution in [2.75, 3.05) is 6.16 Å². The van der Waals surface area contributed by atoms with Crippen molar-refractivity contribution in [3.63, 3.8) is 0 Å². The Labute approximate surface area is 375 Å². The van der Waals surface area contributed by atoms with Gasteiger partial charge in [-0.2, -0.15) is 0 Å². The van der Waals surface area contributed by atoms with Crippen molar-refractivity contribution in [2.45, 2.75) is 205 Å². The zero-order chi connectivity index (χ0) is 43.4. The molecule has 61 heavy (non-hydrogen) atoms. The molecule has 0 bridgehead atoms. The van der Waals surface area contributed by atoms with Crippen molar-refractivity contribution in [1.29, 1.82) is 0 Å². The van der Waals surface area contributed by atoms with Crippen molar-refractivity contribution < 1.29 is 12.4 Å². The summed E-state index contributed by atoms with van der Waals surface area (Å²) in [5.74, 6) is 0. The summed E-state index contributed by atoms with van der Waals surface area (Å²) in [6.07, 6.45) is 36.2. The molecule has 4 aromatic carbocycles. The van der Waals surface area contributed by atoms with Gasteiger partial charge in [0.05, 0.1) is 0 Å². The number of aryl methyl sites for hydroxylation is 1. The topological polar surface area (TPSA) is 43.4 Å². The summed E-state index contributed by atoms with van der Waals surface area (Å²) >= 11 is 0. The second-order valence-corrected chi connectivity index (χ2v) is 24.5. The van der Waals surface area contributed by atoms with Crippen molar-refractivity contribution in [1.82, 2.24) is 0 Å². The van der Waals surface area contributed by atoms with Crippen LogP contribution in [0.4, 0.5) is 0 Å². The minimum absolute atomic E-state index is 0.365. The first kappa shape index (κ1) is 50.9. The maximum atomic E-state index is 15.4. The Morgan fingerprint density at radius 2 is 0.705 bits per heavy atom. The first-order chi connectivity index (χ1) is 29.9. The van der Waals surface area contributed by atoms with E-state index in [-0.39, 0.29) is 0 Å². The standard InChI is InChI=1S/C56H85O3PS/c1-4-7-9-11-13-15-17-19-21-23-25-27-32-41-51-42-40-50-56(55(51)49-39-28-26-24-22-20-18-16-14-12-10-8-5-2)61(57,58)59-60(6-3,52-43-33-29-34-44-52,53-45-35-30-36-46-53)54-47-37-31-38-48-54/h29-31,33-38,40,42-48,50H,4-28,32,39,41,49H2,1-3H3. The number of benzene rings is 4. The fraction of sp³-hybridized carbons (Fsp3) is 0.571. The van der Waals surface area contributed by atoms with Crippen LogP contribution in [0.5, 0.6) is 0 Å². The van der Waals surface area contributed by atoms with Crippen molar-refractivity contribution in [2.24, 2.45) is 0 Å². The summed E-state index contributed by atoms with van der Waals surface area (Å²) in [6, 6.07) is 36.6. The molecule has 0 aliphatic heterocycles. The van der Waals surface area contributed by atoms with Crippen LogP contribution in [0.25, 0.3) is 0 Å². The molecule has 0 amide bonds. The predicted octanol–water partition coefficient (Wildman–Crippen LogP) is 16.1. The van der Waals surface area contributed by atoms with E-state index < -0.39 is 16.9 Å². The SMILES string of the molecule is CCCCCCCCCCCCCCCc1cccc(S(=O)(=O)OP(CC)(c2ccccc2)(c2ccccc2)c2ccccc2)c1CCCCCCCCCCCCCCC. The van der Waals surface area contributed by atoms with Crippen LogP contribution in [0.15, 0.2) is 114 Å². The third kappa shape index (κ3) is 15.5. The molecule has 0 atom stereocenters. The van der Waals surface area contributed by atoms with Gasteiger partial charge in [-0.15, -0.1) is 0 Å². The van der Waals surface area contributed by atoms with E-state index in [1.165, 1.54) is 153 Å². The molecule has 338 valence electrons. The van der Waals surface area contributed by atoms with Crippen molar-refractivity contribution in [3.05, 3.63) is 120 Å². The van der Waals surface area contributed by atoms with Gasteiger partial charge in [0.1, 0.15) is 0 Å². The average molecular weight is 869 g/mol. The van der Waals surface area contributed by atoms with Gasteiger partial charge in [-0.25, -0.2) is 0 Å². The molecule has 0 fully saturated rings. The van der Waals surface area contributed by atoms with Gasteiger partial charge in [0.15, 0.2) is 0 Å². The van der Waals surface area contributed by atoms with Crippen LogP contribution >= 0.6 is 6.83 Å². The summed E-state index contributed by atoms with van der Waals surface area (Å²) in [7, 11) is -4.25. The van der Waals surface area contributed by atoms with E-state index in [4.69, 9.17) is 3.97 Å². The molecule has 0 unspecified atom stereocenters. The van der Waals surface area contributed by atoms with Gasteiger partial charge < -0.3 is 0 Å². The molecule has 5 heteroatoms. The molecule has 0 spiro atoms. The van der Waals surface area contributed by atoms with Crippen LogP contribution < -0.4 is 15.9 Å². The number of hydrogen-bond donors (Lipinski definition) is 0. The molecule has 0 saturated carbocycles. The quantitative estimate of drug-likeness (QED) is 0.0342. The van der Waals surface area contributed by atoms with Crippen LogP contribution in [0.1, 0.15) is 199 Å². The van der Waals surface area contributed by atoms with Crippen molar-refractivity contribution >= 4 is 32.9 Å². The minimum Gasteiger partial charge on any atom is -0.0654 e. The van der Waals surface area contributed by atoms with Gasteiger partial charge >= 0.3 is 280 Å². The minimum atomic E-state index is -4.25. The van der Waals surface area contributed by atoms with E-state index in [2.05, 4.69) is 63.2 Å². The van der Waals surface area contributed by atoms with Crippen LogP contribution in [-0.4, -0.2) is 14.6 Å². The van der Waals surface area contributed by atoms with Gasteiger partial charge in [-0.3, -0.25) is 0 Å². The van der Waals surface area contributed by atoms with E-state index in [1.807, 2.05) is 66.7 Å². The molecule has 3 nitrogen and oxygen atoms in total. The molecule has 0 radical (unpaired) electrons. The van der Waals surface area contributed by atoms with Crippen LogP contribution in [0.3, 0.4) is 0 Å². The van der Waals surface area contributed by atoms with Gasteiger partial charge in [0.25, 0.3) is 0 Å². The molecule has 0 N–H and O–H groups in total. The Morgan fingerprint density at radius 1 is 0.377 bits per heavy atom. The molecule has 4 aromatic rings. The van der Waals surface area contributed by atoms with Gasteiger partial charge in [-0.05, 0) is 0 Å². The van der Waals surface area contributed by atoms with E-state index in [0.717, 1.165) is 53.6 Å². The second kappa shape index (κ2) is 28.8. The predicted molar refractivity (Wildman–Crippen MR) is 269 cm³/mol. The second-order valence-electron chi connectivity index (χ2n) is 17.9. The zero-order valence-corrected chi connectivity index (χ0v) is 40.7. The molecule has 0 aliphatic rings. The van der Waals surface area contributed by atoms with E-state index in [0.29, 0.717) is 11.1 Å². The van der Waals surface area contributed by atoms with Gasteiger partial charge in [0, 0.05) is 0 Å². The smallest absolute Gasteiger partial charge is 0.0654 e. The molecular formula is C56H85O3PS. The third-order valence-electron chi connectivity index (χ3n) is 13.4. The fourth-order valence-corrected chi connectivity index (χ4v) is 18.4. The number of rotatable bonds is 35. The Kier molecular flexibility index (Phi) is 24.0. The van der Waals surface area contributed by atoms with Crippen LogP contribution in [0.2, 0.25) is 0 Å². The molecule has 0 aliphatic carbocycles. The first-order valence-corrected chi connectivity index (χ1v) is 28.9. The average Bonchev–Trinajstić information content (AvgIpc) is 3.30. The normalized spacial score (nSPS) is 12.7. The molecule has 0 aromatic heterocycles. The fourth-order valence-electron chi connectivity index (χ4n) is 9.68. The Balaban J connectivity index is 1.52. The zero-order valence-electron chi connectivity index (χ0n) is 39.0. The van der Waals surface area contributed by atoms with Gasteiger partial charge in [0.2, 0.25) is 0 Å². The summed E-state index contributed by atoms with van der Waals surface area (Å²) in [4.78, 5) is 0.365. The summed E-state index contributed by atoms with van der Waals surface area (Å²) in [6.45, 7) is 2.62.